The average Bonchev–Trinajstić information content (AvgIpc) is 2.96. The first kappa shape index (κ1) is 14.6. The van der Waals surface area contributed by atoms with Crippen LogP contribution in [-0.4, -0.2) is 37.4 Å². The molecule has 2 amide bonds. The SMILES string of the molecule is O=C(N[C@@H]1COc2ccccc2C1)N[C@@H]1[C@@H]2CCO[C@@H]2C12CCC2. The van der Waals surface area contributed by atoms with Crippen LogP contribution in [-0.2, 0) is 11.2 Å². The number of ether oxygens (including phenoxy) is 2. The largest absolute Gasteiger partial charge is 0.491 e. The van der Waals surface area contributed by atoms with E-state index in [1.54, 1.807) is 0 Å². The number of rotatable bonds is 2. The van der Waals surface area contributed by atoms with Gasteiger partial charge in [-0.05, 0) is 37.3 Å². The Morgan fingerprint density at radius 3 is 2.92 bits per heavy atom. The van der Waals surface area contributed by atoms with E-state index in [0.29, 0.717) is 18.6 Å². The van der Waals surface area contributed by atoms with Crippen molar-refractivity contribution in [1.82, 2.24) is 10.6 Å². The number of para-hydroxylation sites is 1. The van der Waals surface area contributed by atoms with E-state index in [4.69, 9.17) is 9.47 Å². The highest BCUT2D eigenvalue weighted by Gasteiger charge is 2.67. The maximum Gasteiger partial charge on any atom is 0.315 e. The Hall–Kier alpha value is -1.75. The molecule has 5 rings (SSSR count). The molecule has 2 heterocycles. The maximum atomic E-state index is 12.5. The summed E-state index contributed by atoms with van der Waals surface area (Å²) in [5, 5.41) is 6.38. The van der Waals surface area contributed by atoms with E-state index in [-0.39, 0.29) is 23.5 Å². The lowest BCUT2D eigenvalue weighted by molar-refractivity contribution is -0.172. The molecule has 0 aromatic heterocycles. The second-order valence-electron chi connectivity index (χ2n) is 7.75. The van der Waals surface area contributed by atoms with Crippen molar-refractivity contribution in [2.45, 2.75) is 50.3 Å². The van der Waals surface area contributed by atoms with E-state index in [2.05, 4.69) is 16.7 Å². The Labute approximate surface area is 142 Å². The van der Waals surface area contributed by atoms with Gasteiger partial charge in [0.15, 0.2) is 0 Å². The summed E-state index contributed by atoms with van der Waals surface area (Å²) in [5.41, 5.74) is 1.39. The van der Waals surface area contributed by atoms with Gasteiger partial charge in [0.25, 0.3) is 0 Å². The van der Waals surface area contributed by atoms with Crippen LogP contribution in [0.2, 0.25) is 0 Å². The minimum atomic E-state index is -0.0513. The number of carbonyl (C=O) groups excluding carboxylic acids is 1. The molecule has 5 heteroatoms. The van der Waals surface area contributed by atoms with Gasteiger partial charge in [0.1, 0.15) is 12.4 Å². The predicted octanol–water partition coefficient (Wildman–Crippen LogP) is 2.25. The van der Waals surface area contributed by atoms with Crippen molar-refractivity contribution in [3.8, 4) is 5.75 Å². The van der Waals surface area contributed by atoms with Crippen molar-refractivity contribution < 1.29 is 14.3 Å². The standard InChI is InChI=1S/C19H24N2O3/c22-18(20-13-10-12-4-1-2-5-15(12)24-11-13)21-16-14-6-9-23-17(14)19(16)7-3-8-19/h1-2,4-5,13-14,16-17H,3,6-11H2,(H2,20,21,22)/t13-,14-,16+,17-/m0/s1. The second-order valence-corrected chi connectivity index (χ2v) is 7.75. The number of carbonyl (C=O) groups is 1. The van der Waals surface area contributed by atoms with Gasteiger partial charge in [0.2, 0.25) is 0 Å². The number of urea groups is 1. The summed E-state index contributed by atoms with van der Waals surface area (Å²) in [6.07, 6.45) is 5.95. The van der Waals surface area contributed by atoms with Crippen molar-refractivity contribution in [3.05, 3.63) is 29.8 Å². The van der Waals surface area contributed by atoms with E-state index >= 15 is 0 Å². The van der Waals surface area contributed by atoms with Gasteiger partial charge in [-0.3, -0.25) is 0 Å². The third-order valence-corrected chi connectivity index (χ3v) is 6.54. The third-order valence-electron chi connectivity index (χ3n) is 6.54. The van der Waals surface area contributed by atoms with Gasteiger partial charge in [0.05, 0.1) is 12.1 Å². The fourth-order valence-corrected chi connectivity index (χ4v) is 5.24. The van der Waals surface area contributed by atoms with Crippen LogP contribution in [0.5, 0.6) is 5.75 Å². The molecule has 2 saturated carbocycles. The Balaban J connectivity index is 1.21. The number of nitrogens with one attached hydrogen (secondary N) is 2. The first-order chi connectivity index (χ1) is 11.8. The number of hydrogen-bond donors (Lipinski definition) is 2. The van der Waals surface area contributed by atoms with Crippen molar-refractivity contribution in [1.29, 1.82) is 0 Å². The maximum absolute atomic E-state index is 12.5. The van der Waals surface area contributed by atoms with Crippen molar-refractivity contribution in [2.75, 3.05) is 13.2 Å². The molecular formula is C19H24N2O3. The molecule has 1 aromatic carbocycles. The van der Waals surface area contributed by atoms with Crippen LogP contribution in [0.4, 0.5) is 4.79 Å². The summed E-state index contributed by atoms with van der Waals surface area (Å²) in [5.74, 6) is 1.45. The zero-order valence-corrected chi connectivity index (χ0v) is 13.8. The second kappa shape index (κ2) is 5.38. The summed E-state index contributed by atoms with van der Waals surface area (Å²) < 4.78 is 11.7. The molecule has 0 bridgehead atoms. The number of hydrogen-bond acceptors (Lipinski definition) is 3. The quantitative estimate of drug-likeness (QED) is 0.875. The summed E-state index contributed by atoms with van der Waals surface area (Å²) >= 11 is 0. The summed E-state index contributed by atoms with van der Waals surface area (Å²) in [6.45, 7) is 1.39. The summed E-state index contributed by atoms with van der Waals surface area (Å²) in [6, 6.07) is 8.32. The third kappa shape index (κ3) is 2.07. The van der Waals surface area contributed by atoms with Crippen LogP contribution in [0.3, 0.4) is 0 Å². The number of fused-ring (bicyclic) bond motifs is 3. The highest BCUT2D eigenvalue weighted by Crippen LogP contribution is 2.62. The van der Waals surface area contributed by atoms with Crippen LogP contribution in [0.15, 0.2) is 24.3 Å². The molecule has 5 nitrogen and oxygen atoms in total. The van der Waals surface area contributed by atoms with E-state index in [1.807, 2.05) is 18.2 Å². The van der Waals surface area contributed by atoms with Gasteiger partial charge in [-0.1, -0.05) is 24.6 Å². The first-order valence-electron chi connectivity index (χ1n) is 9.16. The molecule has 2 aliphatic heterocycles. The Kier molecular flexibility index (Phi) is 3.27. The van der Waals surface area contributed by atoms with Crippen LogP contribution in [0.25, 0.3) is 0 Å². The molecule has 0 radical (unpaired) electrons. The Bertz CT molecular complexity index is 658. The summed E-state index contributed by atoms with van der Waals surface area (Å²) in [7, 11) is 0. The molecule has 24 heavy (non-hydrogen) atoms. The minimum absolute atomic E-state index is 0.0351. The molecule has 2 aliphatic carbocycles. The Morgan fingerprint density at radius 1 is 1.21 bits per heavy atom. The molecule has 128 valence electrons. The molecule has 3 fully saturated rings. The van der Waals surface area contributed by atoms with Crippen molar-refractivity contribution in [2.24, 2.45) is 11.3 Å². The first-order valence-corrected chi connectivity index (χ1v) is 9.16. The van der Waals surface area contributed by atoms with E-state index < -0.39 is 0 Å². The zero-order valence-electron chi connectivity index (χ0n) is 13.8. The van der Waals surface area contributed by atoms with Crippen molar-refractivity contribution in [3.63, 3.8) is 0 Å². The molecule has 4 aliphatic rings. The normalized spacial score (nSPS) is 35.0. The van der Waals surface area contributed by atoms with E-state index in [0.717, 1.165) is 30.8 Å². The topological polar surface area (TPSA) is 59.6 Å². The van der Waals surface area contributed by atoms with Crippen LogP contribution in [0.1, 0.15) is 31.2 Å². The molecule has 1 aromatic rings. The highest BCUT2D eigenvalue weighted by molar-refractivity contribution is 5.75. The Morgan fingerprint density at radius 2 is 2.08 bits per heavy atom. The fourth-order valence-electron chi connectivity index (χ4n) is 5.24. The smallest absolute Gasteiger partial charge is 0.315 e. The highest BCUT2D eigenvalue weighted by atomic mass is 16.5. The van der Waals surface area contributed by atoms with Crippen LogP contribution < -0.4 is 15.4 Å². The fraction of sp³-hybridized carbons (Fsp3) is 0.632. The molecule has 1 saturated heterocycles. The van der Waals surface area contributed by atoms with Gasteiger partial charge >= 0.3 is 6.03 Å². The van der Waals surface area contributed by atoms with Gasteiger partial charge in [-0.2, -0.15) is 0 Å². The lowest BCUT2D eigenvalue weighted by atomic mass is 9.46. The molecule has 1 spiro atoms. The van der Waals surface area contributed by atoms with Crippen LogP contribution in [0, 0.1) is 11.3 Å². The zero-order chi connectivity index (χ0) is 16.1. The van der Waals surface area contributed by atoms with E-state index in [9.17, 15) is 4.79 Å². The molecular weight excluding hydrogens is 304 g/mol. The lowest BCUT2D eigenvalue weighted by Gasteiger charge is -2.63. The van der Waals surface area contributed by atoms with Gasteiger partial charge in [-0.15, -0.1) is 0 Å². The predicted molar refractivity (Wildman–Crippen MR) is 89.0 cm³/mol. The summed E-state index contributed by atoms with van der Waals surface area (Å²) in [4.78, 5) is 12.5. The monoisotopic (exact) mass is 328 g/mol. The molecule has 0 unspecified atom stereocenters. The van der Waals surface area contributed by atoms with E-state index in [1.165, 1.54) is 19.3 Å². The molecule has 2 N–H and O–H groups in total. The number of benzene rings is 1. The average molecular weight is 328 g/mol. The van der Waals surface area contributed by atoms with Crippen molar-refractivity contribution >= 4 is 6.03 Å². The van der Waals surface area contributed by atoms with Crippen LogP contribution >= 0.6 is 0 Å². The van der Waals surface area contributed by atoms with Gasteiger partial charge < -0.3 is 20.1 Å². The minimum Gasteiger partial charge on any atom is -0.491 e. The lowest BCUT2D eigenvalue weighted by Crippen LogP contribution is -2.72. The number of amides is 2. The molecule has 4 atom stereocenters. The van der Waals surface area contributed by atoms with Gasteiger partial charge in [-0.25, -0.2) is 4.79 Å². The van der Waals surface area contributed by atoms with Gasteiger partial charge in [0, 0.05) is 24.0 Å².